The Morgan fingerprint density at radius 3 is 1.06 bits per heavy atom. The maximum Gasteiger partial charge on any atom is 0.158 e. The summed E-state index contributed by atoms with van der Waals surface area (Å²) in [6.07, 6.45) is 0. The second-order valence-corrected chi connectivity index (χ2v) is 9.73. The highest BCUT2D eigenvalue weighted by molar-refractivity contribution is 7.89. The molecule has 0 heterocycles. The molecule has 0 saturated heterocycles. The zero-order chi connectivity index (χ0) is 23.3. The number of sulfone groups is 1. The third-order valence-electron chi connectivity index (χ3n) is 4.85. The molecule has 4 N–H and O–H groups in total. The third-order valence-corrected chi connectivity index (χ3v) is 6.40. The number of hydrogen-bond acceptors (Lipinski definition) is 6. The summed E-state index contributed by atoms with van der Waals surface area (Å²) in [7, 11) is -3.35. The minimum Gasteiger partial charge on any atom is -0.457 e. The first kappa shape index (κ1) is 22.2. The molecule has 0 unspecified atom stereocenters. The van der Waals surface area contributed by atoms with Gasteiger partial charge in [-0.2, -0.15) is 0 Å². The van der Waals surface area contributed by atoms with Gasteiger partial charge < -0.3 is 20.9 Å². The smallest absolute Gasteiger partial charge is 0.158 e. The monoisotopic (exact) mass is 460 g/mol. The molecular weight excluding hydrogens is 436 g/mol. The third kappa shape index (κ3) is 6.51. The topological polar surface area (TPSA) is 105 Å². The molecule has 0 aliphatic carbocycles. The summed E-state index contributed by atoms with van der Waals surface area (Å²) >= 11 is 0. The first-order valence-electron chi connectivity index (χ1n) is 10.3. The van der Waals surface area contributed by atoms with Gasteiger partial charge in [-0.3, -0.25) is 0 Å². The molecule has 0 atom stereocenters. The van der Waals surface area contributed by atoms with E-state index < -0.39 is 9.84 Å². The van der Waals surface area contributed by atoms with Gasteiger partial charge in [0.15, 0.2) is 9.84 Å². The Labute approximate surface area is 193 Å². The highest BCUT2D eigenvalue weighted by Crippen LogP contribution is 2.25. The molecule has 4 aromatic carbocycles. The van der Waals surface area contributed by atoms with Gasteiger partial charge in [0.25, 0.3) is 0 Å². The standard InChI is InChI=1S/C26H24N2O4S/c27-21-5-13-25(14-6-21)31-23-9-1-19(2-10-23)17-33(29,30)18-20-3-11-24(12-4-20)32-26-15-7-22(28)8-16-26/h1-16H,17-18,27-28H2. The summed E-state index contributed by atoms with van der Waals surface area (Å²) in [6.45, 7) is 0. The van der Waals surface area contributed by atoms with Crippen molar-refractivity contribution in [2.75, 3.05) is 11.5 Å². The van der Waals surface area contributed by atoms with Crippen molar-refractivity contribution in [2.45, 2.75) is 11.5 Å². The van der Waals surface area contributed by atoms with Crippen LogP contribution in [0.3, 0.4) is 0 Å². The Kier molecular flexibility index (Phi) is 6.51. The second kappa shape index (κ2) is 9.67. The fourth-order valence-electron chi connectivity index (χ4n) is 3.21. The maximum atomic E-state index is 12.7. The highest BCUT2D eigenvalue weighted by Gasteiger charge is 2.14. The van der Waals surface area contributed by atoms with Gasteiger partial charge in [0.1, 0.15) is 23.0 Å². The van der Waals surface area contributed by atoms with E-state index in [1.807, 2.05) is 0 Å². The van der Waals surface area contributed by atoms with Gasteiger partial charge in [-0.25, -0.2) is 8.42 Å². The van der Waals surface area contributed by atoms with Gasteiger partial charge in [0.2, 0.25) is 0 Å². The van der Waals surface area contributed by atoms with Crippen LogP contribution in [0.4, 0.5) is 11.4 Å². The molecule has 0 spiro atoms. The van der Waals surface area contributed by atoms with Crippen LogP contribution in [-0.2, 0) is 21.3 Å². The van der Waals surface area contributed by atoms with Crippen molar-refractivity contribution < 1.29 is 17.9 Å². The number of benzene rings is 4. The van der Waals surface area contributed by atoms with Gasteiger partial charge in [0.05, 0.1) is 11.5 Å². The Balaban J connectivity index is 1.34. The van der Waals surface area contributed by atoms with Crippen molar-refractivity contribution in [3.63, 3.8) is 0 Å². The number of anilines is 2. The fraction of sp³-hybridized carbons (Fsp3) is 0.0769. The molecule has 168 valence electrons. The average Bonchev–Trinajstić information content (AvgIpc) is 2.79. The van der Waals surface area contributed by atoms with Gasteiger partial charge in [0, 0.05) is 11.4 Å². The molecule has 0 saturated carbocycles. The normalized spacial score (nSPS) is 11.2. The van der Waals surface area contributed by atoms with Gasteiger partial charge in [-0.1, -0.05) is 24.3 Å². The lowest BCUT2D eigenvalue weighted by atomic mass is 10.2. The zero-order valence-electron chi connectivity index (χ0n) is 17.8. The summed E-state index contributed by atoms with van der Waals surface area (Å²) in [5, 5.41) is 0. The van der Waals surface area contributed by atoms with E-state index in [1.165, 1.54) is 0 Å². The number of hydrogen-bond donors (Lipinski definition) is 2. The Hall–Kier alpha value is -3.97. The van der Waals surface area contributed by atoms with Gasteiger partial charge >= 0.3 is 0 Å². The summed E-state index contributed by atoms with van der Waals surface area (Å²) in [6, 6.07) is 28.2. The van der Waals surface area contributed by atoms with Crippen LogP contribution in [0.5, 0.6) is 23.0 Å². The average molecular weight is 461 g/mol. The van der Waals surface area contributed by atoms with E-state index in [4.69, 9.17) is 20.9 Å². The predicted octanol–water partition coefficient (Wildman–Crippen LogP) is 5.55. The van der Waals surface area contributed by atoms with E-state index in [-0.39, 0.29) is 11.5 Å². The molecule has 7 heteroatoms. The lowest BCUT2D eigenvalue weighted by Gasteiger charge is -2.09. The van der Waals surface area contributed by atoms with Gasteiger partial charge in [-0.05, 0) is 83.9 Å². The first-order valence-corrected chi connectivity index (χ1v) is 12.1. The van der Waals surface area contributed by atoms with Crippen molar-refractivity contribution in [2.24, 2.45) is 0 Å². The molecule has 0 fully saturated rings. The van der Waals surface area contributed by atoms with Crippen molar-refractivity contribution >= 4 is 21.2 Å². The first-order chi connectivity index (χ1) is 15.8. The van der Waals surface area contributed by atoms with Crippen LogP contribution in [0.1, 0.15) is 11.1 Å². The number of nitrogens with two attached hydrogens (primary N) is 2. The van der Waals surface area contributed by atoms with E-state index in [1.54, 1.807) is 97.1 Å². The summed E-state index contributed by atoms with van der Waals surface area (Å²) in [5.41, 5.74) is 14.1. The Morgan fingerprint density at radius 1 is 0.485 bits per heavy atom. The largest absolute Gasteiger partial charge is 0.457 e. The van der Waals surface area contributed by atoms with Crippen LogP contribution in [0.25, 0.3) is 0 Å². The SMILES string of the molecule is Nc1ccc(Oc2ccc(CS(=O)(=O)Cc3ccc(Oc4ccc(N)cc4)cc3)cc2)cc1. The quantitative estimate of drug-likeness (QED) is 0.334. The molecule has 0 amide bonds. The van der Waals surface area contributed by atoms with E-state index in [9.17, 15) is 8.42 Å². The molecule has 6 nitrogen and oxygen atoms in total. The minimum atomic E-state index is -3.35. The second-order valence-electron chi connectivity index (χ2n) is 7.66. The highest BCUT2D eigenvalue weighted by atomic mass is 32.2. The molecule has 4 rings (SSSR count). The Morgan fingerprint density at radius 2 is 0.758 bits per heavy atom. The maximum absolute atomic E-state index is 12.7. The molecule has 0 aliphatic rings. The summed E-state index contributed by atoms with van der Waals surface area (Å²) < 4.78 is 36.9. The van der Waals surface area contributed by atoms with Crippen LogP contribution in [0.15, 0.2) is 97.1 Å². The van der Waals surface area contributed by atoms with E-state index in [2.05, 4.69) is 0 Å². The van der Waals surface area contributed by atoms with Crippen LogP contribution in [0, 0.1) is 0 Å². The molecule has 4 aromatic rings. The molecular formula is C26H24N2O4S. The minimum absolute atomic E-state index is 0.0567. The van der Waals surface area contributed by atoms with Crippen molar-refractivity contribution in [1.29, 1.82) is 0 Å². The molecule has 0 bridgehead atoms. The van der Waals surface area contributed by atoms with Crippen LogP contribution < -0.4 is 20.9 Å². The summed E-state index contributed by atoms with van der Waals surface area (Å²) in [4.78, 5) is 0. The molecule has 0 radical (unpaired) electrons. The van der Waals surface area contributed by atoms with Crippen molar-refractivity contribution in [1.82, 2.24) is 0 Å². The van der Waals surface area contributed by atoms with Crippen LogP contribution in [-0.4, -0.2) is 8.42 Å². The lowest BCUT2D eigenvalue weighted by molar-refractivity contribution is 0.482. The molecule has 0 aliphatic heterocycles. The lowest BCUT2D eigenvalue weighted by Crippen LogP contribution is -2.07. The number of rotatable bonds is 8. The van der Waals surface area contributed by atoms with Crippen molar-refractivity contribution in [3.8, 4) is 23.0 Å². The fourth-order valence-corrected chi connectivity index (χ4v) is 4.71. The Bertz CT molecular complexity index is 1200. The van der Waals surface area contributed by atoms with E-state index in [0.29, 0.717) is 45.5 Å². The van der Waals surface area contributed by atoms with E-state index >= 15 is 0 Å². The van der Waals surface area contributed by atoms with Crippen molar-refractivity contribution in [3.05, 3.63) is 108 Å². The van der Waals surface area contributed by atoms with E-state index in [0.717, 1.165) is 0 Å². The predicted molar refractivity (Wildman–Crippen MR) is 131 cm³/mol. The van der Waals surface area contributed by atoms with Crippen LogP contribution in [0.2, 0.25) is 0 Å². The molecule has 33 heavy (non-hydrogen) atoms. The number of ether oxygens (including phenoxy) is 2. The van der Waals surface area contributed by atoms with Crippen LogP contribution >= 0.6 is 0 Å². The summed E-state index contributed by atoms with van der Waals surface area (Å²) in [5.74, 6) is 2.45. The van der Waals surface area contributed by atoms with Gasteiger partial charge in [-0.15, -0.1) is 0 Å². The number of nitrogen functional groups attached to an aromatic ring is 2. The molecule has 0 aromatic heterocycles. The zero-order valence-corrected chi connectivity index (χ0v) is 18.7.